The molecule has 1 heterocycles. The maximum Gasteiger partial charge on any atom is 0.264 e. The second-order valence-corrected chi connectivity index (χ2v) is 8.00. The molecule has 0 saturated carbocycles. The van der Waals surface area contributed by atoms with Crippen LogP contribution in [0.3, 0.4) is 0 Å². The van der Waals surface area contributed by atoms with Gasteiger partial charge in [0.05, 0.1) is 17.1 Å². The minimum absolute atomic E-state index is 0.0410. The average Bonchev–Trinajstić information content (AvgIpc) is 3.14. The summed E-state index contributed by atoms with van der Waals surface area (Å²) in [5.74, 6) is -0.252. The number of halogens is 2. The number of nitrogens with zero attached hydrogens (tertiary/aromatic N) is 1. The molecular formula is C20H15F2NO4S. The first-order valence-corrected chi connectivity index (χ1v) is 9.80. The molecule has 0 aromatic heterocycles. The van der Waals surface area contributed by atoms with Gasteiger partial charge >= 0.3 is 0 Å². The van der Waals surface area contributed by atoms with Crippen LogP contribution in [-0.2, 0) is 16.6 Å². The smallest absolute Gasteiger partial charge is 0.264 e. The lowest BCUT2D eigenvalue weighted by Gasteiger charge is -2.25. The molecule has 0 amide bonds. The number of hydrogen-bond acceptors (Lipinski definition) is 4. The predicted octanol–water partition coefficient (Wildman–Crippen LogP) is 4.09. The SMILES string of the molecule is O=S(=O)(c1cccc(F)c1)N(Cc1cccc(F)c1)c1ccc2c(c1)OCO2. The van der Waals surface area contributed by atoms with Gasteiger partial charge in [0, 0.05) is 6.07 Å². The van der Waals surface area contributed by atoms with Crippen LogP contribution >= 0.6 is 0 Å². The number of sulfonamides is 1. The summed E-state index contributed by atoms with van der Waals surface area (Å²) < 4.78 is 65.5. The van der Waals surface area contributed by atoms with E-state index in [-0.39, 0.29) is 23.9 Å². The van der Waals surface area contributed by atoms with Crippen molar-refractivity contribution in [2.24, 2.45) is 0 Å². The normalized spacial score (nSPS) is 12.8. The highest BCUT2D eigenvalue weighted by Crippen LogP contribution is 2.37. The van der Waals surface area contributed by atoms with Gasteiger partial charge in [0.15, 0.2) is 11.5 Å². The van der Waals surface area contributed by atoms with Crippen molar-refractivity contribution in [2.45, 2.75) is 11.4 Å². The Morgan fingerprint density at radius 1 is 0.857 bits per heavy atom. The summed E-state index contributed by atoms with van der Waals surface area (Å²) in [6.07, 6.45) is 0. The van der Waals surface area contributed by atoms with E-state index < -0.39 is 21.7 Å². The van der Waals surface area contributed by atoms with Gasteiger partial charge < -0.3 is 9.47 Å². The summed E-state index contributed by atoms with van der Waals surface area (Å²) in [7, 11) is -4.13. The molecule has 0 saturated heterocycles. The Labute approximate surface area is 160 Å². The fourth-order valence-corrected chi connectivity index (χ4v) is 4.39. The van der Waals surface area contributed by atoms with Gasteiger partial charge in [-0.2, -0.15) is 0 Å². The molecule has 144 valence electrons. The van der Waals surface area contributed by atoms with Gasteiger partial charge in [-0.05, 0) is 48.0 Å². The van der Waals surface area contributed by atoms with Gasteiger partial charge in [0.25, 0.3) is 10.0 Å². The lowest BCUT2D eigenvalue weighted by molar-refractivity contribution is 0.174. The van der Waals surface area contributed by atoms with Gasteiger partial charge in [-0.15, -0.1) is 0 Å². The quantitative estimate of drug-likeness (QED) is 0.644. The minimum atomic E-state index is -4.13. The fraction of sp³-hybridized carbons (Fsp3) is 0.100. The van der Waals surface area contributed by atoms with Gasteiger partial charge in [-0.1, -0.05) is 18.2 Å². The maximum absolute atomic E-state index is 13.7. The summed E-state index contributed by atoms with van der Waals surface area (Å²) in [5, 5.41) is 0. The van der Waals surface area contributed by atoms with Crippen LogP contribution in [0.25, 0.3) is 0 Å². The highest BCUT2D eigenvalue weighted by molar-refractivity contribution is 7.92. The first-order chi connectivity index (χ1) is 13.4. The third-order valence-corrected chi connectivity index (χ3v) is 6.01. The van der Waals surface area contributed by atoms with E-state index in [0.717, 1.165) is 16.4 Å². The Balaban J connectivity index is 1.81. The third kappa shape index (κ3) is 3.50. The first kappa shape index (κ1) is 18.2. The Bertz CT molecular complexity index is 1130. The van der Waals surface area contributed by atoms with Crippen LogP contribution in [0.2, 0.25) is 0 Å². The van der Waals surface area contributed by atoms with Gasteiger partial charge in [-0.3, -0.25) is 4.31 Å². The van der Waals surface area contributed by atoms with E-state index in [1.165, 1.54) is 36.4 Å². The van der Waals surface area contributed by atoms with Gasteiger partial charge in [0.2, 0.25) is 6.79 Å². The van der Waals surface area contributed by atoms with Crippen molar-refractivity contribution in [1.82, 2.24) is 0 Å². The zero-order valence-corrected chi connectivity index (χ0v) is 15.3. The number of rotatable bonds is 5. The summed E-state index contributed by atoms with van der Waals surface area (Å²) in [4.78, 5) is -0.207. The number of hydrogen-bond donors (Lipinski definition) is 0. The van der Waals surface area contributed by atoms with Gasteiger partial charge in [-0.25, -0.2) is 17.2 Å². The number of benzene rings is 3. The van der Waals surface area contributed by atoms with E-state index in [9.17, 15) is 17.2 Å². The van der Waals surface area contributed by atoms with E-state index in [0.29, 0.717) is 17.1 Å². The minimum Gasteiger partial charge on any atom is -0.454 e. The topological polar surface area (TPSA) is 55.8 Å². The summed E-state index contributed by atoms with van der Waals surface area (Å²) >= 11 is 0. The Morgan fingerprint density at radius 3 is 2.32 bits per heavy atom. The second kappa shape index (κ2) is 7.12. The largest absolute Gasteiger partial charge is 0.454 e. The van der Waals surface area contributed by atoms with E-state index in [4.69, 9.17) is 9.47 Å². The van der Waals surface area contributed by atoms with Crippen LogP contribution in [0.5, 0.6) is 11.5 Å². The molecule has 0 fully saturated rings. The number of ether oxygens (including phenoxy) is 2. The van der Waals surface area contributed by atoms with Crippen molar-refractivity contribution >= 4 is 15.7 Å². The molecule has 4 rings (SSSR count). The van der Waals surface area contributed by atoms with Gasteiger partial charge in [0.1, 0.15) is 11.6 Å². The van der Waals surface area contributed by atoms with Crippen molar-refractivity contribution in [2.75, 3.05) is 11.1 Å². The first-order valence-electron chi connectivity index (χ1n) is 8.36. The van der Waals surface area contributed by atoms with E-state index in [1.807, 2.05) is 0 Å². The molecule has 1 aliphatic rings. The molecule has 5 nitrogen and oxygen atoms in total. The zero-order chi connectivity index (χ0) is 19.7. The molecule has 0 N–H and O–H groups in total. The molecule has 28 heavy (non-hydrogen) atoms. The summed E-state index contributed by atoms with van der Waals surface area (Å²) in [6.45, 7) is -0.102. The average molecular weight is 403 g/mol. The molecule has 1 aliphatic heterocycles. The lowest BCUT2D eigenvalue weighted by atomic mass is 10.2. The highest BCUT2D eigenvalue weighted by atomic mass is 32.2. The van der Waals surface area contributed by atoms with Crippen molar-refractivity contribution in [1.29, 1.82) is 0 Å². The zero-order valence-electron chi connectivity index (χ0n) is 14.5. The van der Waals surface area contributed by atoms with E-state index in [2.05, 4.69) is 0 Å². The fourth-order valence-electron chi connectivity index (χ4n) is 2.91. The number of fused-ring (bicyclic) bond motifs is 1. The Morgan fingerprint density at radius 2 is 1.57 bits per heavy atom. The van der Waals surface area contributed by atoms with Crippen LogP contribution in [-0.4, -0.2) is 15.2 Å². The Kier molecular flexibility index (Phi) is 4.64. The summed E-state index contributed by atoms with van der Waals surface area (Å²) in [5.41, 5.74) is 0.732. The van der Waals surface area contributed by atoms with Crippen molar-refractivity contribution in [3.63, 3.8) is 0 Å². The lowest BCUT2D eigenvalue weighted by Crippen LogP contribution is -2.30. The van der Waals surface area contributed by atoms with Crippen LogP contribution in [0.15, 0.2) is 71.6 Å². The summed E-state index contributed by atoms with van der Waals surface area (Å²) in [6, 6.07) is 15.1. The molecule has 3 aromatic carbocycles. The molecule has 0 radical (unpaired) electrons. The molecule has 0 bridgehead atoms. The van der Waals surface area contributed by atoms with Crippen LogP contribution < -0.4 is 13.8 Å². The monoisotopic (exact) mass is 403 g/mol. The molecule has 0 unspecified atom stereocenters. The third-order valence-electron chi connectivity index (χ3n) is 4.24. The van der Waals surface area contributed by atoms with Crippen LogP contribution in [0.1, 0.15) is 5.56 Å². The predicted molar refractivity (Wildman–Crippen MR) is 98.7 cm³/mol. The molecule has 8 heteroatoms. The van der Waals surface area contributed by atoms with Crippen molar-refractivity contribution < 1.29 is 26.7 Å². The van der Waals surface area contributed by atoms with Crippen molar-refractivity contribution in [3.8, 4) is 11.5 Å². The highest BCUT2D eigenvalue weighted by Gasteiger charge is 2.27. The molecule has 3 aromatic rings. The second-order valence-electron chi connectivity index (χ2n) is 6.14. The van der Waals surface area contributed by atoms with Crippen LogP contribution in [0, 0.1) is 11.6 Å². The van der Waals surface area contributed by atoms with E-state index >= 15 is 0 Å². The van der Waals surface area contributed by atoms with E-state index in [1.54, 1.807) is 18.2 Å². The van der Waals surface area contributed by atoms with Crippen molar-refractivity contribution in [3.05, 3.63) is 83.9 Å². The standard InChI is InChI=1S/C20H15F2NO4S/c21-15-4-1-3-14(9-15)12-23(17-7-8-19-20(11-17)27-13-26-19)28(24,25)18-6-2-5-16(22)10-18/h1-11H,12-13H2. The maximum atomic E-state index is 13.7. The molecule has 0 aliphatic carbocycles. The molecule has 0 spiro atoms. The molecule has 0 atom stereocenters. The van der Waals surface area contributed by atoms with Crippen LogP contribution in [0.4, 0.5) is 14.5 Å². The molecular weight excluding hydrogens is 388 g/mol. The Hall–Kier alpha value is -3.13. The number of anilines is 1.